The van der Waals surface area contributed by atoms with Gasteiger partial charge in [0.2, 0.25) is 5.91 Å². The summed E-state index contributed by atoms with van der Waals surface area (Å²) in [4.78, 5) is 24.0. The van der Waals surface area contributed by atoms with E-state index in [0.29, 0.717) is 5.75 Å². The number of amides is 2. The van der Waals surface area contributed by atoms with Gasteiger partial charge in [-0.25, -0.2) is 0 Å². The number of thiol groups is 1. The number of rotatable bonds is 3. The maximum atomic E-state index is 11.3. The highest BCUT2D eigenvalue weighted by molar-refractivity contribution is 8.14. The number of hydrogen-bond donors (Lipinski definition) is 1. The van der Waals surface area contributed by atoms with E-state index >= 15 is 0 Å². The molecule has 2 amide bonds. The molecule has 0 spiro atoms. The fraction of sp³-hybridized carbons (Fsp3) is 0.750. The summed E-state index contributed by atoms with van der Waals surface area (Å²) in [6.07, 6.45) is 0. The van der Waals surface area contributed by atoms with Crippen LogP contribution in [0.1, 0.15) is 13.8 Å². The lowest BCUT2D eigenvalue weighted by Gasteiger charge is -2.27. The molecule has 0 radical (unpaired) electrons. The average Bonchev–Trinajstić information content (AvgIpc) is 2.36. The molecule has 0 unspecified atom stereocenters. The molecule has 5 heteroatoms. The third-order valence-electron chi connectivity index (χ3n) is 2.07. The second-order valence-electron chi connectivity index (χ2n) is 3.31. The van der Waals surface area contributed by atoms with Crippen LogP contribution in [-0.4, -0.2) is 33.6 Å². The first-order valence-corrected chi connectivity index (χ1v) is 5.79. The maximum Gasteiger partial charge on any atom is 0.289 e. The molecule has 0 saturated carbocycles. The third-order valence-corrected chi connectivity index (χ3v) is 3.28. The highest BCUT2D eigenvalue weighted by Gasteiger charge is 2.36. The fourth-order valence-electron chi connectivity index (χ4n) is 1.28. The normalized spacial score (nSPS) is 20.2. The van der Waals surface area contributed by atoms with Gasteiger partial charge < -0.3 is 0 Å². The molecule has 1 saturated heterocycles. The summed E-state index contributed by atoms with van der Waals surface area (Å²) in [5.74, 6) is 1.01. The summed E-state index contributed by atoms with van der Waals surface area (Å²) < 4.78 is 0. The van der Waals surface area contributed by atoms with Crippen LogP contribution < -0.4 is 0 Å². The Balaban J connectivity index is 2.77. The molecule has 74 valence electrons. The van der Waals surface area contributed by atoms with Crippen molar-refractivity contribution in [3.05, 3.63) is 0 Å². The van der Waals surface area contributed by atoms with Crippen LogP contribution in [0.3, 0.4) is 0 Å². The van der Waals surface area contributed by atoms with Crippen molar-refractivity contribution in [2.75, 3.05) is 11.5 Å². The zero-order chi connectivity index (χ0) is 10.0. The van der Waals surface area contributed by atoms with E-state index < -0.39 is 0 Å². The number of nitrogens with zero attached hydrogens (tertiary/aromatic N) is 1. The van der Waals surface area contributed by atoms with E-state index in [-0.39, 0.29) is 28.9 Å². The molecule has 1 aliphatic rings. The molecule has 3 nitrogen and oxygen atoms in total. The quantitative estimate of drug-likeness (QED) is 0.733. The minimum atomic E-state index is -0.127. The second kappa shape index (κ2) is 4.37. The Kier molecular flexibility index (Phi) is 3.67. The van der Waals surface area contributed by atoms with Crippen LogP contribution in [0.4, 0.5) is 4.79 Å². The molecule has 0 aromatic rings. The Morgan fingerprint density at radius 2 is 2.15 bits per heavy atom. The highest BCUT2D eigenvalue weighted by atomic mass is 32.2. The molecule has 1 atom stereocenters. The van der Waals surface area contributed by atoms with Gasteiger partial charge in [0.15, 0.2) is 0 Å². The van der Waals surface area contributed by atoms with E-state index in [2.05, 4.69) is 12.6 Å². The lowest BCUT2D eigenvalue weighted by Crippen LogP contribution is -2.43. The van der Waals surface area contributed by atoms with Gasteiger partial charge in [0.05, 0.1) is 11.8 Å². The van der Waals surface area contributed by atoms with Gasteiger partial charge in [-0.05, 0) is 5.92 Å². The lowest BCUT2D eigenvalue weighted by molar-refractivity contribution is -0.126. The highest BCUT2D eigenvalue weighted by Crippen LogP contribution is 2.25. The van der Waals surface area contributed by atoms with Crippen molar-refractivity contribution in [3.63, 3.8) is 0 Å². The first-order valence-electron chi connectivity index (χ1n) is 4.17. The largest absolute Gasteiger partial charge is 0.289 e. The van der Waals surface area contributed by atoms with E-state index in [1.54, 1.807) is 0 Å². The van der Waals surface area contributed by atoms with Crippen LogP contribution in [0, 0.1) is 5.92 Å². The van der Waals surface area contributed by atoms with E-state index in [1.165, 1.54) is 4.90 Å². The van der Waals surface area contributed by atoms with Crippen LogP contribution in [0.2, 0.25) is 0 Å². The third kappa shape index (κ3) is 2.20. The number of carbonyl (C=O) groups excluding carboxylic acids is 2. The standard InChI is InChI=1S/C8H13NO2S2/c1-5(2)6(3-12)9-7(10)4-13-8(9)11/h5-6,12H,3-4H2,1-2H3/t6-/m1/s1. The SMILES string of the molecule is CC(C)[C@@H](CS)N1C(=O)CSC1=O. The molecule has 0 aromatic heterocycles. The molecule has 1 heterocycles. The summed E-state index contributed by atoms with van der Waals surface area (Å²) in [6.45, 7) is 3.98. The Bertz CT molecular complexity index is 214. The minimum Gasteiger partial charge on any atom is -0.273 e. The monoisotopic (exact) mass is 219 g/mol. The predicted octanol–water partition coefficient (Wildman–Crippen LogP) is 1.64. The zero-order valence-electron chi connectivity index (χ0n) is 7.69. The van der Waals surface area contributed by atoms with Crippen molar-refractivity contribution in [1.29, 1.82) is 0 Å². The van der Waals surface area contributed by atoms with Crippen molar-refractivity contribution < 1.29 is 9.59 Å². The Morgan fingerprint density at radius 3 is 2.46 bits per heavy atom. The molecule has 0 aliphatic carbocycles. The van der Waals surface area contributed by atoms with Crippen LogP contribution in [0.15, 0.2) is 0 Å². The van der Waals surface area contributed by atoms with Crippen molar-refractivity contribution in [1.82, 2.24) is 4.90 Å². The van der Waals surface area contributed by atoms with E-state index in [4.69, 9.17) is 0 Å². The van der Waals surface area contributed by atoms with Crippen LogP contribution in [0.25, 0.3) is 0 Å². The number of imide groups is 1. The van der Waals surface area contributed by atoms with Gasteiger partial charge in [0, 0.05) is 5.75 Å². The molecule has 1 rings (SSSR count). The first-order chi connectivity index (χ1) is 6.07. The van der Waals surface area contributed by atoms with Gasteiger partial charge >= 0.3 is 0 Å². The summed E-state index contributed by atoms with van der Waals surface area (Å²) in [5.41, 5.74) is 0. The van der Waals surface area contributed by atoms with Crippen molar-refractivity contribution in [2.24, 2.45) is 5.92 Å². The Morgan fingerprint density at radius 1 is 1.54 bits per heavy atom. The van der Waals surface area contributed by atoms with Gasteiger partial charge in [-0.1, -0.05) is 25.6 Å². The molecular weight excluding hydrogens is 206 g/mol. The van der Waals surface area contributed by atoms with Crippen LogP contribution in [0.5, 0.6) is 0 Å². The summed E-state index contributed by atoms with van der Waals surface area (Å²) in [5, 5.41) is -0.127. The Labute approximate surface area is 87.6 Å². The molecule has 1 aliphatic heterocycles. The summed E-state index contributed by atoms with van der Waals surface area (Å²) in [7, 11) is 0. The van der Waals surface area contributed by atoms with Gasteiger partial charge in [-0.15, -0.1) is 0 Å². The number of hydrogen-bond acceptors (Lipinski definition) is 4. The topological polar surface area (TPSA) is 37.4 Å². The summed E-state index contributed by atoms with van der Waals surface area (Å²) >= 11 is 5.23. The molecule has 1 fully saturated rings. The molecular formula is C8H13NO2S2. The Hall–Kier alpha value is -0.160. The minimum absolute atomic E-state index is 0.0571. The smallest absolute Gasteiger partial charge is 0.273 e. The zero-order valence-corrected chi connectivity index (χ0v) is 9.40. The average molecular weight is 219 g/mol. The van der Waals surface area contributed by atoms with Gasteiger partial charge in [0.1, 0.15) is 0 Å². The van der Waals surface area contributed by atoms with Crippen molar-refractivity contribution in [2.45, 2.75) is 19.9 Å². The van der Waals surface area contributed by atoms with Crippen LogP contribution >= 0.6 is 24.4 Å². The van der Waals surface area contributed by atoms with E-state index in [1.807, 2.05) is 13.8 Å². The lowest BCUT2D eigenvalue weighted by atomic mass is 10.1. The van der Waals surface area contributed by atoms with Gasteiger partial charge in [0.25, 0.3) is 5.24 Å². The number of carbonyl (C=O) groups is 2. The molecule has 13 heavy (non-hydrogen) atoms. The summed E-state index contributed by atoms with van der Waals surface area (Å²) in [6, 6.07) is -0.0571. The van der Waals surface area contributed by atoms with Gasteiger partial charge in [-0.3, -0.25) is 14.5 Å². The molecule has 0 aromatic carbocycles. The molecule has 0 bridgehead atoms. The van der Waals surface area contributed by atoms with Gasteiger partial charge in [-0.2, -0.15) is 12.6 Å². The van der Waals surface area contributed by atoms with E-state index in [9.17, 15) is 9.59 Å². The second-order valence-corrected chi connectivity index (χ2v) is 4.60. The maximum absolute atomic E-state index is 11.3. The first kappa shape index (κ1) is 10.9. The predicted molar refractivity (Wildman–Crippen MR) is 57.2 cm³/mol. The van der Waals surface area contributed by atoms with Crippen molar-refractivity contribution in [3.8, 4) is 0 Å². The van der Waals surface area contributed by atoms with Crippen LogP contribution in [-0.2, 0) is 4.79 Å². The fourth-order valence-corrected chi connectivity index (χ4v) is 2.62. The number of thioether (sulfide) groups is 1. The van der Waals surface area contributed by atoms with Crippen molar-refractivity contribution >= 4 is 35.5 Å². The molecule has 0 N–H and O–H groups in total. The van der Waals surface area contributed by atoms with E-state index in [0.717, 1.165) is 11.8 Å².